The summed E-state index contributed by atoms with van der Waals surface area (Å²) in [6.45, 7) is 2.72. The molecule has 0 spiro atoms. The molecule has 1 saturated carbocycles. The molecule has 2 N–H and O–H groups in total. The maximum atomic E-state index is 11.8. The van der Waals surface area contributed by atoms with Gasteiger partial charge in [-0.05, 0) is 19.3 Å². The minimum atomic E-state index is -0.280. The predicted molar refractivity (Wildman–Crippen MR) is 61.0 cm³/mol. The van der Waals surface area contributed by atoms with Crippen LogP contribution in [0.4, 0.5) is 0 Å². The number of ketones is 1. The van der Waals surface area contributed by atoms with E-state index in [2.05, 4.69) is 17.6 Å². The highest BCUT2D eigenvalue weighted by Crippen LogP contribution is 2.31. The number of carbonyl (C=O) groups is 2. The maximum Gasteiger partial charge on any atom is 0.237 e. The summed E-state index contributed by atoms with van der Waals surface area (Å²) in [7, 11) is 0. The Bertz CT molecular complexity index is 287. The van der Waals surface area contributed by atoms with E-state index in [1.54, 1.807) is 0 Å². The highest BCUT2D eigenvalue weighted by molar-refractivity contribution is 5.94. The predicted octanol–water partition coefficient (Wildman–Crippen LogP) is 0.612. The van der Waals surface area contributed by atoms with Crippen molar-refractivity contribution in [2.45, 2.75) is 51.1 Å². The normalized spacial score (nSPS) is 29.9. The minimum Gasteiger partial charge on any atom is -0.344 e. The van der Waals surface area contributed by atoms with Crippen LogP contribution in [0, 0.1) is 5.92 Å². The molecule has 2 aliphatic rings. The standard InChI is InChI=1S/C12H20N2O2/c1-2-3-4-9-12(16)14-10(7-13-9)11(15)8-5-6-8/h8-10,13H,2-7H2,1H3,(H,14,16)/t9-,10+/m1/s1. The van der Waals surface area contributed by atoms with Gasteiger partial charge in [0.15, 0.2) is 5.78 Å². The number of hydrogen-bond donors (Lipinski definition) is 2. The van der Waals surface area contributed by atoms with E-state index in [1.807, 2.05) is 0 Å². The molecule has 0 aromatic heterocycles. The van der Waals surface area contributed by atoms with Crippen LogP contribution in [0.1, 0.15) is 39.0 Å². The Kier molecular flexibility index (Phi) is 3.59. The molecule has 90 valence electrons. The largest absolute Gasteiger partial charge is 0.344 e. The van der Waals surface area contributed by atoms with Crippen molar-refractivity contribution < 1.29 is 9.59 Å². The molecule has 0 radical (unpaired) electrons. The van der Waals surface area contributed by atoms with Crippen LogP contribution in [0.2, 0.25) is 0 Å². The number of amides is 1. The van der Waals surface area contributed by atoms with Crippen molar-refractivity contribution >= 4 is 11.7 Å². The summed E-state index contributed by atoms with van der Waals surface area (Å²) in [5.74, 6) is 0.438. The topological polar surface area (TPSA) is 58.2 Å². The Labute approximate surface area is 96.2 Å². The van der Waals surface area contributed by atoms with Crippen LogP contribution in [0.25, 0.3) is 0 Å². The van der Waals surface area contributed by atoms with Crippen LogP contribution in [0.5, 0.6) is 0 Å². The van der Waals surface area contributed by atoms with E-state index in [0.717, 1.165) is 32.1 Å². The molecule has 1 aliphatic heterocycles. The summed E-state index contributed by atoms with van der Waals surface area (Å²) in [4.78, 5) is 23.5. The van der Waals surface area contributed by atoms with E-state index >= 15 is 0 Å². The van der Waals surface area contributed by atoms with Crippen molar-refractivity contribution in [2.24, 2.45) is 5.92 Å². The van der Waals surface area contributed by atoms with E-state index in [4.69, 9.17) is 0 Å². The average Bonchev–Trinajstić information content (AvgIpc) is 3.10. The third kappa shape index (κ3) is 2.61. The zero-order chi connectivity index (χ0) is 11.5. The lowest BCUT2D eigenvalue weighted by Crippen LogP contribution is -2.61. The van der Waals surface area contributed by atoms with Crippen molar-refractivity contribution in [1.82, 2.24) is 10.6 Å². The Morgan fingerprint density at radius 2 is 2.19 bits per heavy atom. The van der Waals surface area contributed by atoms with Gasteiger partial charge in [0.25, 0.3) is 0 Å². The smallest absolute Gasteiger partial charge is 0.237 e. The Morgan fingerprint density at radius 1 is 1.44 bits per heavy atom. The highest BCUT2D eigenvalue weighted by atomic mass is 16.2. The van der Waals surface area contributed by atoms with Crippen molar-refractivity contribution in [3.05, 3.63) is 0 Å². The van der Waals surface area contributed by atoms with Crippen LogP contribution >= 0.6 is 0 Å². The zero-order valence-corrected chi connectivity index (χ0v) is 9.79. The summed E-state index contributed by atoms with van der Waals surface area (Å²) < 4.78 is 0. The molecule has 2 atom stereocenters. The minimum absolute atomic E-state index is 0.00120. The van der Waals surface area contributed by atoms with Crippen molar-refractivity contribution in [2.75, 3.05) is 6.54 Å². The molecule has 0 unspecified atom stereocenters. The average molecular weight is 224 g/mol. The monoisotopic (exact) mass is 224 g/mol. The molecular formula is C12H20N2O2. The van der Waals surface area contributed by atoms with Crippen LogP contribution in [0.15, 0.2) is 0 Å². The summed E-state index contributed by atoms with van der Waals surface area (Å²) in [5.41, 5.74) is 0. The van der Waals surface area contributed by atoms with E-state index in [0.29, 0.717) is 6.54 Å². The molecular weight excluding hydrogens is 204 g/mol. The summed E-state index contributed by atoms with van der Waals surface area (Å²) in [5, 5.41) is 6.03. The van der Waals surface area contributed by atoms with Crippen molar-refractivity contribution in [1.29, 1.82) is 0 Å². The zero-order valence-electron chi connectivity index (χ0n) is 9.79. The number of Topliss-reactive ketones (excluding diaryl/α,β-unsaturated/α-hetero) is 1. The van der Waals surface area contributed by atoms with Gasteiger partial charge in [0.1, 0.15) is 6.04 Å². The molecule has 4 heteroatoms. The summed E-state index contributed by atoms with van der Waals surface area (Å²) in [6.07, 6.45) is 5.02. The van der Waals surface area contributed by atoms with Crippen molar-refractivity contribution in [3.8, 4) is 0 Å². The van der Waals surface area contributed by atoms with E-state index in [9.17, 15) is 9.59 Å². The quantitative estimate of drug-likeness (QED) is 0.719. The van der Waals surface area contributed by atoms with Gasteiger partial charge in [-0.2, -0.15) is 0 Å². The van der Waals surface area contributed by atoms with E-state index in [1.165, 1.54) is 0 Å². The molecule has 1 aliphatic carbocycles. The Balaban J connectivity index is 1.81. The third-order valence-electron chi connectivity index (χ3n) is 3.37. The van der Waals surface area contributed by atoms with Gasteiger partial charge in [-0.25, -0.2) is 0 Å². The SMILES string of the molecule is CCCC[C@H]1NC[C@@H](C(=O)C2CC2)NC1=O. The number of hydrogen-bond acceptors (Lipinski definition) is 3. The molecule has 2 fully saturated rings. The Hall–Kier alpha value is -0.900. The first-order valence-corrected chi connectivity index (χ1v) is 6.30. The van der Waals surface area contributed by atoms with Gasteiger partial charge < -0.3 is 10.6 Å². The fourth-order valence-electron chi connectivity index (χ4n) is 2.14. The fraction of sp³-hybridized carbons (Fsp3) is 0.833. The molecule has 2 rings (SSSR count). The number of unbranched alkanes of at least 4 members (excludes halogenated alkanes) is 1. The number of nitrogens with one attached hydrogen (secondary N) is 2. The third-order valence-corrected chi connectivity index (χ3v) is 3.37. The molecule has 1 heterocycles. The second kappa shape index (κ2) is 4.95. The van der Waals surface area contributed by atoms with Gasteiger partial charge in [0, 0.05) is 12.5 Å². The first kappa shape index (κ1) is 11.6. The summed E-state index contributed by atoms with van der Waals surface area (Å²) in [6, 6.07) is -0.374. The Morgan fingerprint density at radius 3 is 2.75 bits per heavy atom. The molecule has 0 bridgehead atoms. The lowest BCUT2D eigenvalue weighted by Gasteiger charge is -2.29. The number of carbonyl (C=O) groups excluding carboxylic acids is 2. The molecule has 0 aromatic rings. The lowest BCUT2D eigenvalue weighted by molar-refractivity contribution is -0.131. The maximum absolute atomic E-state index is 11.8. The van der Waals surface area contributed by atoms with Gasteiger partial charge in [-0.3, -0.25) is 9.59 Å². The molecule has 16 heavy (non-hydrogen) atoms. The van der Waals surface area contributed by atoms with Gasteiger partial charge in [0.05, 0.1) is 6.04 Å². The second-order valence-electron chi connectivity index (χ2n) is 4.84. The van der Waals surface area contributed by atoms with Crippen LogP contribution < -0.4 is 10.6 Å². The molecule has 1 saturated heterocycles. The van der Waals surface area contributed by atoms with Gasteiger partial charge in [-0.15, -0.1) is 0 Å². The second-order valence-corrected chi connectivity index (χ2v) is 4.84. The van der Waals surface area contributed by atoms with Crippen LogP contribution in [0.3, 0.4) is 0 Å². The van der Waals surface area contributed by atoms with E-state index in [-0.39, 0.29) is 29.7 Å². The van der Waals surface area contributed by atoms with Gasteiger partial charge in [-0.1, -0.05) is 19.8 Å². The number of piperazine rings is 1. The van der Waals surface area contributed by atoms with Crippen LogP contribution in [-0.2, 0) is 9.59 Å². The van der Waals surface area contributed by atoms with Gasteiger partial charge in [0.2, 0.25) is 5.91 Å². The number of rotatable bonds is 5. The lowest BCUT2D eigenvalue weighted by atomic mass is 10.0. The first-order chi connectivity index (χ1) is 7.72. The van der Waals surface area contributed by atoms with Gasteiger partial charge >= 0.3 is 0 Å². The molecule has 0 aromatic carbocycles. The van der Waals surface area contributed by atoms with Crippen molar-refractivity contribution in [3.63, 3.8) is 0 Å². The molecule has 1 amide bonds. The molecule has 4 nitrogen and oxygen atoms in total. The van der Waals surface area contributed by atoms with Crippen LogP contribution in [-0.4, -0.2) is 30.3 Å². The highest BCUT2D eigenvalue weighted by Gasteiger charge is 2.38. The summed E-state index contributed by atoms with van der Waals surface area (Å²) >= 11 is 0. The first-order valence-electron chi connectivity index (χ1n) is 6.30. The fourth-order valence-corrected chi connectivity index (χ4v) is 2.14. The van der Waals surface area contributed by atoms with E-state index < -0.39 is 0 Å².